The monoisotopic (exact) mass is 394 g/mol. The fraction of sp³-hybridized carbons (Fsp3) is 0.364. The highest BCUT2D eigenvalue weighted by molar-refractivity contribution is 6.06. The number of aliphatic carboxylic acids is 1. The first-order chi connectivity index (χ1) is 13.6. The van der Waals surface area contributed by atoms with E-state index in [0.29, 0.717) is 22.3 Å². The van der Waals surface area contributed by atoms with Crippen molar-refractivity contribution in [1.29, 1.82) is 0 Å². The lowest BCUT2D eigenvalue weighted by Crippen LogP contribution is -2.39. The Bertz CT molecular complexity index is 1070. The average molecular weight is 394 g/mol. The van der Waals surface area contributed by atoms with Gasteiger partial charge in [-0.15, -0.1) is 0 Å². The number of amides is 1. The first-order valence-electron chi connectivity index (χ1n) is 9.57. The molecule has 0 aliphatic carbocycles. The third-order valence-electron chi connectivity index (χ3n) is 4.92. The standard InChI is InChI=1S/C22H26N4O3/c1-13(2)26-19-17(11-24-26)16(20(27)23-12-22(4,5)21(28)29)10-18(25-19)15-8-6-14(3)7-9-15/h6-11,13H,12H2,1-5H3,(H,23,27)(H,28,29). The van der Waals surface area contributed by atoms with E-state index in [1.807, 2.05) is 45.0 Å². The molecule has 0 aliphatic rings. The van der Waals surface area contributed by atoms with Crippen LogP contribution in [0.5, 0.6) is 0 Å². The number of nitrogens with zero attached hydrogens (tertiary/aromatic N) is 3. The number of hydrogen-bond donors (Lipinski definition) is 2. The summed E-state index contributed by atoms with van der Waals surface area (Å²) in [5.41, 5.74) is 2.69. The fourth-order valence-electron chi connectivity index (χ4n) is 2.93. The summed E-state index contributed by atoms with van der Waals surface area (Å²) in [4.78, 5) is 29.1. The minimum atomic E-state index is -1.07. The lowest BCUT2D eigenvalue weighted by molar-refractivity contribution is -0.146. The van der Waals surface area contributed by atoms with Gasteiger partial charge < -0.3 is 10.4 Å². The molecular formula is C22H26N4O3. The van der Waals surface area contributed by atoms with Gasteiger partial charge in [0.25, 0.3) is 5.91 Å². The first kappa shape index (κ1) is 20.5. The molecule has 1 amide bonds. The molecule has 2 aromatic heterocycles. The van der Waals surface area contributed by atoms with Gasteiger partial charge in [-0.2, -0.15) is 5.10 Å². The topological polar surface area (TPSA) is 97.1 Å². The van der Waals surface area contributed by atoms with E-state index in [4.69, 9.17) is 4.98 Å². The van der Waals surface area contributed by atoms with Gasteiger partial charge in [-0.25, -0.2) is 9.67 Å². The SMILES string of the molecule is Cc1ccc(-c2cc(C(=O)NCC(C)(C)C(=O)O)c3cnn(C(C)C)c3n2)cc1. The van der Waals surface area contributed by atoms with Crippen molar-refractivity contribution >= 4 is 22.9 Å². The molecule has 0 saturated heterocycles. The third-order valence-corrected chi connectivity index (χ3v) is 4.92. The van der Waals surface area contributed by atoms with Crippen LogP contribution >= 0.6 is 0 Å². The molecule has 1 aromatic carbocycles. The summed E-state index contributed by atoms with van der Waals surface area (Å²) in [7, 11) is 0. The van der Waals surface area contributed by atoms with Crippen LogP contribution in [-0.4, -0.2) is 38.3 Å². The lowest BCUT2D eigenvalue weighted by atomic mass is 9.93. The number of aryl methyl sites for hydroxylation is 1. The molecule has 0 radical (unpaired) electrons. The van der Waals surface area contributed by atoms with E-state index < -0.39 is 11.4 Å². The van der Waals surface area contributed by atoms with Gasteiger partial charge in [0, 0.05) is 18.2 Å². The van der Waals surface area contributed by atoms with Crippen LogP contribution in [-0.2, 0) is 4.79 Å². The third kappa shape index (κ3) is 4.13. The van der Waals surface area contributed by atoms with Gasteiger partial charge in [-0.05, 0) is 40.7 Å². The van der Waals surface area contributed by atoms with Crippen LogP contribution in [0.1, 0.15) is 49.7 Å². The first-order valence-corrected chi connectivity index (χ1v) is 9.57. The second-order valence-electron chi connectivity index (χ2n) is 8.21. The minimum Gasteiger partial charge on any atom is -0.481 e. The number of nitrogens with one attached hydrogen (secondary N) is 1. The zero-order chi connectivity index (χ0) is 21.3. The van der Waals surface area contributed by atoms with Crippen molar-refractivity contribution in [2.45, 2.75) is 40.7 Å². The van der Waals surface area contributed by atoms with Gasteiger partial charge in [0.1, 0.15) is 0 Å². The maximum atomic E-state index is 13.0. The van der Waals surface area contributed by atoms with Crippen LogP contribution in [0.15, 0.2) is 36.5 Å². The van der Waals surface area contributed by atoms with E-state index in [2.05, 4.69) is 10.4 Å². The summed E-state index contributed by atoms with van der Waals surface area (Å²) >= 11 is 0. The Kier molecular flexibility index (Phi) is 5.42. The number of carboxylic acid groups (broad SMARTS) is 1. The van der Waals surface area contributed by atoms with Gasteiger partial charge in [-0.1, -0.05) is 29.8 Å². The molecule has 0 aliphatic heterocycles. The molecule has 0 unspecified atom stereocenters. The van der Waals surface area contributed by atoms with Crippen LogP contribution in [0.3, 0.4) is 0 Å². The maximum Gasteiger partial charge on any atom is 0.310 e. The Hall–Kier alpha value is -3.22. The molecule has 2 heterocycles. The van der Waals surface area contributed by atoms with Crippen LogP contribution in [0.25, 0.3) is 22.3 Å². The molecule has 7 nitrogen and oxygen atoms in total. The number of rotatable bonds is 6. The summed E-state index contributed by atoms with van der Waals surface area (Å²) < 4.78 is 1.78. The molecule has 3 rings (SSSR count). The van der Waals surface area contributed by atoms with Crippen molar-refractivity contribution in [3.8, 4) is 11.3 Å². The molecule has 0 bridgehead atoms. The molecule has 0 fully saturated rings. The lowest BCUT2D eigenvalue weighted by Gasteiger charge is -2.19. The van der Waals surface area contributed by atoms with Crippen molar-refractivity contribution < 1.29 is 14.7 Å². The highest BCUT2D eigenvalue weighted by atomic mass is 16.4. The van der Waals surface area contributed by atoms with E-state index in [9.17, 15) is 14.7 Å². The van der Waals surface area contributed by atoms with Crippen molar-refractivity contribution in [2.75, 3.05) is 6.54 Å². The predicted molar refractivity (Wildman–Crippen MR) is 112 cm³/mol. The van der Waals surface area contributed by atoms with Crippen LogP contribution in [0, 0.1) is 12.3 Å². The Morgan fingerprint density at radius 2 is 1.86 bits per heavy atom. The normalized spacial score (nSPS) is 11.8. The van der Waals surface area contributed by atoms with E-state index in [0.717, 1.165) is 11.1 Å². The molecule has 7 heteroatoms. The van der Waals surface area contributed by atoms with Crippen LogP contribution in [0.2, 0.25) is 0 Å². The van der Waals surface area contributed by atoms with Crippen molar-refractivity contribution in [3.63, 3.8) is 0 Å². The molecule has 0 spiro atoms. The Balaban J connectivity index is 2.08. The second kappa shape index (κ2) is 7.66. The Morgan fingerprint density at radius 1 is 1.21 bits per heavy atom. The average Bonchev–Trinajstić information content (AvgIpc) is 3.10. The number of benzene rings is 1. The fourth-order valence-corrected chi connectivity index (χ4v) is 2.93. The van der Waals surface area contributed by atoms with Crippen LogP contribution < -0.4 is 5.32 Å². The molecule has 152 valence electrons. The van der Waals surface area contributed by atoms with E-state index in [-0.39, 0.29) is 18.5 Å². The smallest absolute Gasteiger partial charge is 0.310 e. The highest BCUT2D eigenvalue weighted by Crippen LogP contribution is 2.27. The maximum absolute atomic E-state index is 13.0. The molecular weight excluding hydrogens is 368 g/mol. The number of hydrogen-bond acceptors (Lipinski definition) is 4. The van der Waals surface area contributed by atoms with Crippen molar-refractivity contribution in [2.24, 2.45) is 5.41 Å². The molecule has 29 heavy (non-hydrogen) atoms. The van der Waals surface area contributed by atoms with Crippen molar-refractivity contribution in [3.05, 3.63) is 47.7 Å². The van der Waals surface area contributed by atoms with Gasteiger partial charge >= 0.3 is 5.97 Å². The zero-order valence-corrected chi connectivity index (χ0v) is 17.4. The number of carbonyl (C=O) groups is 2. The molecule has 0 atom stereocenters. The molecule has 0 saturated carbocycles. The number of carboxylic acids is 1. The largest absolute Gasteiger partial charge is 0.481 e. The van der Waals surface area contributed by atoms with Crippen LogP contribution in [0.4, 0.5) is 0 Å². The van der Waals surface area contributed by atoms with Gasteiger partial charge in [0.2, 0.25) is 0 Å². The Labute approximate surface area is 169 Å². The quantitative estimate of drug-likeness (QED) is 0.662. The number of carbonyl (C=O) groups excluding carboxylic acids is 1. The van der Waals surface area contributed by atoms with Gasteiger partial charge in [0.05, 0.1) is 28.3 Å². The Morgan fingerprint density at radius 3 is 2.45 bits per heavy atom. The van der Waals surface area contributed by atoms with Gasteiger partial charge in [-0.3, -0.25) is 9.59 Å². The van der Waals surface area contributed by atoms with Gasteiger partial charge in [0.15, 0.2) is 5.65 Å². The van der Waals surface area contributed by atoms with Crippen molar-refractivity contribution in [1.82, 2.24) is 20.1 Å². The summed E-state index contributed by atoms with van der Waals surface area (Å²) in [6.45, 7) is 9.18. The number of pyridine rings is 1. The van der Waals surface area contributed by atoms with E-state index >= 15 is 0 Å². The predicted octanol–water partition coefficient (Wildman–Crippen LogP) is 3.83. The summed E-state index contributed by atoms with van der Waals surface area (Å²) in [5, 5.41) is 17.1. The minimum absolute atomic E-state index is 0.0170. The number of fused-ring (bicyclic) bond motifs is 1. The summed E-state index contributed by atoms with van der Waals surface area (Å²) in [6.07, 6.45) is 1.64. The van der Waals surface area contributed by atoms with E-state index in [1.165, 1.54) is 0 Å². The van der Waals surface area contributed by atoms with E-state index in [1.54, 1.807) is 30.8 Å². The summed E-state index contributed by atoms with van der Waals surface area (Å²) in [5.74, 6) is -1.31. The highest BCUT2D eigenvalue weighted by Gasteiger charge is 2.28. The summed E-state index contributed by atoms with van der Waals surface area (Å²) in [6, 6.07) is 9.74. The second-order valence-corrected chi connectivity index (χ2v) is 8.21. The number of aromatic nitrogens is 3. The molecule has 3 aromatic rings. The molecule has 2 N–H and O–H groups in total. The zero-order valence-electron chi connectivity index (χ0n) is 17.4.